The van der Waals surface area contributed by atoms with E-state index in [1.165, 1.54) is 24.3 Å². The molecule has 4 rings (SSSR count). The molecule has 4 aromatic rings. The Labute approximate surface area is 228 Å². The summed E-state index contributed by atoms with van der Waals surface area (Å²) < 4.78 is 38.3. The van der Waals surface area contributed by atoms with Crippen LogP contribution in [0.1, 0.15) is 22.8 Å². The predicted molar refractivity (Wildman–Crippen MR) is 146 cm³/mol. The van der Waals surface area contributed by atoms with E-state index in [0.717, 1.165) is 0 Å². The van der Waals surface area contributed by atoms with E-state index in [1.807, 2.05) is 6.92 Å². The second-order valence-electron chi connectivity index (χ2n) is 8.15. The van der Waals surface area contributed by atoms with Crippen molar-refractivity contribution in [2.75, 3.05) is 11.9 Å². The number of benzene rings is 4. The van der Waals surface area contributed by atoms with Crippen LogP contribution in [-0.4, -0.2) is 30.6 Å². The Bertz CT molecular complexity index is 1710. The Morgan fingerprint density at radius 2 is 1.79 bits per heavy atom. The molecule has 0 radical (unpaired) electrons. The molecule has 0 fully saturated rings. The number of fused-ring (bicyclic) bond motifs is 1. The Kier molecular flexibility index (Phi) is 7.89. The van der Waals surface area contributed by atoms with Gasteiger partial charge in [-0.3, -0.25) is 9.35 Å². The van der Waals surface area contributed by atoms with Gasteiger partial charge in [-0.1, -0.05) is 47.5 Å². The van der Waals surface area contributed by atoms with E-state index in [4.69, 9.17) is 27.9 Å². The number of nitrogens with one attached hydrogen (secondary N) is 1. The Balaban J connectivity index is 1.77. The molecule has 0 spiro atoms. The maximum Gasteiger partial charge on any atom is 0.296 e. The second-order valence-corrected chi connectivity index (χ2v) is 10.3. The SMILES string of the molecule is CCOc1ccc(NC(=O)c2cc3ccccc3c(N=Nc3cc(C)cc(S(=O)(=O)O)c3Cl)c2O)cc1Cl. The topological polar surface area (TPSA) is 138 Å². The van der Waals surface area contributed by atoms with Gasteiger partial charge < -0.3 is 15.2 Å². The van der Waals surface area contributed by atoms with Crippen molar-refractivity contribution in [1.82, 2.24) is 0 Å². The van der Waals surface area contributed by atoms with Gasteiger partial charge in [-0.05, 0) is 61.2 Å². The summed E-state index contributed by atoms with van der Waals surface area (Å²) >= 11 is 12.4. The molecular weight excluding hydrogens is 553 g/mol. The van der Waals surface area contributed by atoms with E-state index < -0.39 is 26.7 Å². The van der Waals surface area contributed by atoms with Gasteiger partial charge in [0, 0.05) is 11.1 Å². The van der Waals surface area contributed by atoms with Crippen LogP contribution in [0.15, 0.2) is 75.8 Å². The van der Waals surface area contributed by atoms with Gasteiger partial charge in [0.05, 0.1) is 22.2 Å². The number of hydrogen-bond donors (Lipinski definition) is 3. The largest absolute Gasteiger partial charge is 0.505 e. The average molecular weight is 574 g/mol. The standard InChI is InChI=1S/C26H21Cl2N3O6S/c1-3-37-21-9-8-16(13-19(21)27)29-26(33)18-12-15-6-4-5-7-17(15)24(25(18)32)31-30-20-10-14(2)11-22(23(20)28)38(34,35)36/h4-13,32H,3H2,1-2H3,(H,29,33)(H,34,35,36). The zero-order chi connectivity index (χ0) is 27.6. The van der Waals surface area contributed by atoms with E-state index in [1.54, 1.807) is 43.3 Å². The molecule has 196 valence electrons. The lowest BCUT2D eigenvalue weighted by Crippen LogP contribution is -2.12. The number of ether oxygens (including phenoxy) is 1. The lowest BCUT2D eigenvalue weighted by atomic mass is 10.0. The molecule has 0 atom stereocenters. The molecule has 0 unspecified atom stereocenters. The van der Waals surface area contributed by atoms with Gasteiger partial charge in [-0.15, -0.1) is 10.2 Å². The molecule has 1 amide bonds. The van der Waals surface area contributed by atoms with Crippen LogP contribution in [0.25, 0.3) is 10.8 Å². The highest BCUT2D eigenvalue weighted by molar-refractivity contribution is 7.86. The van der Waals surface area contributed by atoms with Crippen LogP contribution in [0.5, 0.6) is 11.5 Å². The van der Waals surface area contributed by atoms with E-state index in [-0.39, 0.29) is 22.0 Å². The lowest BCUT2D eigenvalue weighted by molar-refractivity contribution is 0.102. The molecule has 0 saturated heterocycles. The number of halogens is 2. The van der Waals surface area contributed by atoms with Crippen LogP contribution in [0.4, 0.5) is 17.1 Å². The van der Waals surface area contributed by atoms with Crippen LogP contribution in [0, 0.1) is 6.92 Å². The first-order valence-corrected chi connectivity index (χ1v) is 13.4. The van der Waals surface area contributed by atoms with Crippen molar-refractivity contribution in [3.05, 3.63) is 81.8 Å². The van der Waals surface area contributed by atoms with E-state index in [9.17, 15) is 22.9 Å². The summed E-state index contributed by atoms with van der Waals surface area (Å²) in [6, 6.07) is 15.8. The molecule has 9 nitrogen and oxygen atoms in total. The summed E-state index contributed by atoms with van der Waals surface area (Å²) in [7, 11) is -4.61. The quantitative estimate of drug-likeness (QED) is 0.155. The Morgan fingerprint density at radius 1 is 1.05 bits per heavy atom. The molecule has 12 heteroatoms. The minimum absolute atomic E-state index is 0.0380. The lowest BCUT2D eigenvalue weighted by Gasteiger charge is -2.12. The van der Waals surface area contributed by atoms with Crippen molar-refractivity contribution in [3.63, 3.8) is 0 Å². The zero-order valence-electron chi connectivity index (χ0n) is 20.1. The van der Waals surface area contributed by atoms with Crippen molar-refractivity contribution < 1.29 is 27.6 Å². The van der Waals surface area contributed by atoms with Crippen molar-refractivity contribution in [1.29, 1.82) is 0 Å². The number of hydrogen-bond acceptors (Lipinski definition) is 7. The number of aromatic hydroxyl groups is 1. The van der Waals surface area contributed by atoms with Crippen molar-refractivity contribution in [2.45, 2.75) is 18.7 Å². The van der Waals surface area contributed by atoms with E-state index in [2.05, 4.69) is 15.5 Å². The summed E-state index contributed by atoms with van der Waals surface area (Å²) in [6.07, 6.45) is 0. The van der Waals surface area contributed by atoms with E-state index >= 15 is 0 Å². The maximum atomic E-state index is 13.1. The van der Waals surface area contributed by atoms with Crippen LogP contribution >= 0.6 is 23.2 Å². The molecule has 0 aliphatic carbocycles. The molecular formula is C26H21Cl2N3O6S. The zero-order valence-corrected chi connectivity index (χ0v) is 22.4. The normalized spacial score (nSPS) is 11.7. The number of phenolic OH excluding ortho intramolecular Hbond substituents is 1. The number of nitrogens with zero attached hydrogens (tertiary/aromatic N) is 2. The van der Waals surface area contributed by atoms with Crippen LogP contribution in [0.2, 0.25) is 10.0 Å². The molecule has 0 bridgehead atoms. The average Bonchev–Trinajstić information content (AvgIpc) is 2.85. The van der Waals surface area contributed by atoms with Crippen molar-refractivity contribution in [3.8, 4) is 11.5 Å². The number of anilines is 1. The van der Waals surface area contributed by atoms with Crippen molar-refractivity contribution >= 4 is 67.1 Å². The predicted octanol–water partition coefficient (Wildman–Crippen LogP) is 7.47. The summed E-state index contributed by atoms with van der Waals surface area (Å²) in [5.41, 5.74) is 0.651. The number of aryl methyl sites for hydroxylation is 1. The third-order valence-corrected chi connectivity index (χ3v) is 7.11. The fraction of sp³-hybridized carbons (Fsp3) is 0.115. The first-order chi connectivity index (χ1) is 18.0. The molecule has 3 N–H and O–H groups in total. The number of azo groups is 1. The number of rotatable bonds is 7. The third kappa shape index (κ3) is 5.73. The summed E-state index contributed by atoms with van der Waals surface area (Å²) in [5, 5.41) is 22.9. The molecule has 0 saturated carbocycles. The van der Waals surface area contributed by atoms with Gasteiger partial charge in [-0.2, -0.15) is 8.42 Å². The van der Waals surface area contributed by atoms with Gasteiger partial charge in [0.25, 0.3) is 16.0 Å². The highest BCUT2D eigenvalue weighted by atomic mass is 35.5. The van der Waals surface area contributed by atoms with Crippen molar-refractivity contribution in [2.24, 2.45) is 10.2 Å². The number of carbonyl (C=O) groups is 1. The van der Waals surface area contributed by atoms with Gasteiger partial charge in [-0.25, -0.2) is 0 Å². The summed E-state index contributed by atoms with van der Waals surface area (Å²) in [4.78, 5) is 12.6. The number of amides is 1. The minimum Gasteiger partial charge on any atom is -0.505 e. The van der Waals surface area contributed by atoms with Gasteiger partial charge in [0.15, 0.2) is 5.75 Å². The smallest absolute Gasteiger partial charge is 0.296 e. The first kappa shape index (κ1) is 27.3. The van der Waals surface area contributed by atoms with Gasteiger partial charge >= 0.3 is 0 Å². The summed E-state index contributed by atoms with van der Waals surface area (Å²) in [6.45, 7) is 3.84. The van der Waals surface area contributed by atoms with Crippen LogP contribution in [-0.2, 0) is 10.1 Å². The summed E-state index contributed by atoms with van der Waals surface area (Å²) in [5.74, 6) is -0.622. The molecule has 38 heavy (non-hydrogen) atoms. The van der Waals surface area contributed by atoms with Gasteiger partial charge in [0.2, 0.25) is 0 Å². The molecule has 0 aliphatic rings. The molecule has 4 aromatic carbocycles. The van der Waals surface area contributed by atoms with E-state index in [0.29, 0.717) is 39.4 Å². The minimum atomic E-state index is -4.61. The first-order valence-electron chi connectivity index (χ1n) is 11.2. The third-order valence-electron chi connectivity index (χ3n) is 5.43. The molecule has 0 aliphatic heterocycles. The second kappa shape index (κ2) is 11.0. The highest BCUT2D eigenvalue weighted by Crippen LogP contribution is 2.41. The molecule has 0 heterocycles. The Morgan fingerprint density at radius 3 is 2.47 bits per heavy atom. The fourth-order valence-corrected chi connectivity index (χ4v) is 5.06. The number of phenols is 1. The maximum absolute atomic E-state index is 13.1. The molecule has 0 aromatic heterocycles. The van der Waals surface area contributed by atoms with Crippen LogP contribution < -0.4 is 10.1 Å². The van der Waals surface area contributed by atoms with Gasteiger partial charge in [0.1, 0.15) is 22.0 Å². The van der Waals surface area contributed by atoms with Crippen LogP contribution in [0.3, 0.4) is 0 Å². The Hall–Kier alpha value is -3.70. The monoisotopic (exact) mass is 573 g/mol. The fourth-order valence-electron chi connectivity index (χ4n) is 3.72. The number of carbonyl (C=O) groups excluding carboxylic acids is 1. The highest BCUT2D eigenvalue weighted by Gasteiger charge is 2.21.